The van der Waals surface area contributed by atoms with Gasteiger partial charge in [0, 0.05) is 41.4 Å². The number of esters is 1. The van der Waals surface area contributed by atoms with Gasteiger partial charge < -0.3 is 19.9 Å². The van der Waals surface area contributed by atoms with Crippen LogP contribution in [0.3, 0.4) is 0 Å². The normalized spacial score (nSPS) is 18.4. The van der Waals surface area contributed by atoms with Crippen molar-refractivity contribution in [3.63, 3.8) is 0 Å². The molecular weight excluding hydrogens is 591 g/mol. The lowest BCUT2D eigenvalue weighted by Gasteiger charge is -2.34. The number of carbonyl (C=O) groups is 2. The quantitative estimate of drug-likeness (QED) is 0.372. The highest BCUT2D eigenvalue weighted by Gasteiger charge is 2.27. The highest BCUT2D eigenvalue weighted by Crippen LogP contribution is 2.19. The number of ether oxygens (including phenoxy) is 2. The molecule has 212 valence electrons. The molecule has 0 saturated carbocycles. The molecule has 0 amide bonds. The van der Waals surface area contributed by atoms with Crippen molar-refractivity contribution >= 4 is 45.0 Å². The van der Waals surface area contributed by atoms with Crippen LogP contribution in [0, 0.1) is 11.7 Å². The molecule has 4 rings (SSSR count). The zero-order valence-corrected chi connectivity index (χ0v) is 24.5. The van der Waals surface area contributed by atoms with Gasteiger partial charge in [0.05, 0.1) is 37.4 Å². The largest absolute Gasteiger partial charge is 0.481 e. The smallest absolute Gasteiger partial charge is 0.337 e. The first-order valence-corrected chi connectivity index (χ1v) is 14.5. The van der Waals surface area contributed by atoms with Crippen LogP contribution in [0.2, 0.25) is 0 Å². The molecule has 2 aliphatic heterocycles. The maximum Gasteiger partial charge on any atom is 0.337 e. The first-order valence-electron chi connectivity index (χ1n) is 12.8. The Kier molecular flexibility index (Phi) is 12.5. The van der Waals surface area contributed by atoms with Gasteiger partial charge in [-0.25, -0.2) is 14.2 Å². The topological polar surface area (TPSA) is 113 Å². The fourth-order valence-corrected chi connectivity index (χ4v) is 5.04. The Morgan fingerprint density at radius 2 is 2.23 bits per heavy atom. The van der Waals surface area contributed by atoms with E-state index in [2.05, 4.69) is 36.1 Å². The lowest BCUT2D eigenvalue weighted by molar-refractivity contribution is -0.141. The Morgan fingerprint density at radius 1 is 1.41 bits per heavy atom. The number of amidine groups is 1. The summed E-state index contributed by atoms with van der Waals surface area (Å²) in [4.78, 5) is 34.5. The lowest BCUT2D eigenvalue weighted by atomic mass is 10.0. The van der Waals surface area contributed by atoms with Gasteiger partial charge in [0.2, 0.25) is 0 Å². The van der Waals surface area contributed by atoms with Crippen LogP contribution in [-0.2, 0) is 19.1 Å². The minimum Gasteiger partial charge on any atom is -0.481 e. The maximum absolute atomic E-state index is 12.5. The van der Waals surface area contributed by atoms with E-state index in [1.165, 1.54) is 23.5 Å². The van der Waals surface area contributed by atoms with Gasteiger partial charge in [0.1, 0.15) is 5.82 Å². The predicted molar refractivity (Wildman–Crippen MR) is 151 cm³/mol. The zero-order valence-electron chi connectivity index (χ0n) is 22.1. The van der Waals surface area contributed by atoms with Crippen molar-refractivity contribution in [1.29, 1.82) is 0 Å². The number of aliphatic imine (C=N–C) groups is 1. The van der Waals surface area contributed by atoms with Gasteiger partial charge in [0.15, 0.2) is 10.8 Å². The van der Waals surface area contributed by atoms with Crippen molar-refractivity contribution in [1.82, 2.24) is 15.2 Å². The molecule has 2 aliphatic rings. The molecule has 9 nitrogen and oxygen atoms in total. The number of carbonyl (C=O) groups excluding carboxylic acids is 1. The Bertz CT molecular complexity index is 1140. The molecule has 2 atom stereocenters. The van der Waals surface area contributed by atoms with Crippen LogP contribution in [0.4, 0.5) is 4.39 Å². The van der Waals surface area contributed by atoms with Crippen molar-refractivity contribution < 1.29 is 28.6 Å². The standard InChI is InChI=1S/C21H30N4O5S.C6H4BrF/c1-3-29-21(28)16-11-23-18(19-22-7-10-31-19)24-17(16)13-25-8-9-30-15(12-25)6-4-5-14(2)20(26)27;7-5-2-1-3-6(8)4-5/h7,10,14-15H,3-6,8-9,11-13H2,1-2H3,(H,23,24)(H,26,27);1-4H/t14?,15-;/m1./s1. The van der Waals surface area contributed by atoms with Crippen LogP contribution in [-0.4, -0.2) is 78.3 Å². The number of rotatable bonds is 10. The lowest BCUT2D eigenvalue weighted by Crippen LogP contribution is -2.46. The van der Waals surface area contributed by atoms with Gasteiger partial charge in [-0.15, -0.1) is 11.3 Å². The van der Waals surface area contributed by atoms with Crippen molar-refractivity contribution in [2.24, 2.45) is 10.9 Å². The number of hydrogen-bond acceptors (Lipinski definition) is 9. The molecule has 1 aromatic heterocycles. The Balaban J connectivity index is 0.000000449. The number of aliphatic carboxylic acids is 1. The number of carboxylic acids is 1. The first-order chi connectivity index (χ1) is 18.8. The molecule has 0 radical (unpaired) electrons. The SMILES string of the molecule is CCOC(=O)C1=C(CN2CCO[C@H](CCCC(C)C(=O)O)C2)NC(c2nccs2)=NC1.Fc1cccc(Br)c1. The third-order valence-corrected chi connectivity index (χ3v) is 7.43. The van der Waals surface area contributed by atoms with Gasteiger partial charge in [-0.05, 0) is 44.4 Å². The summed E-state index contributed by atoms with van der Waals surface area (Å²) < 4.78 is 24.0. The van der Waals surface area contributed by atoms with Crippen molar-refractivity contribution in [2.45, 2.75) is 39.2 Å². The molecule has 2 N–H and O–H groups in total. The number of halogens is 2. The van der Waals surface area contributed by atoms with E-state index in [0.717, 1.165) is 41.1 Å². The molecule has 0 aliphatic carbocycles. The van der Waals surface area contributed by atoms with Crippen LogP contribution < -0.4 is 5.32 Å². The van der Waals surface area contributed by atoms with E-state index in [1.54, 1.807) is 32.2 Å². The summed E-state index contributed by atoms with van der Waals surface area (Å²) in [5.74, 6) is -0.984. The van der Waals surface area contributed by atoms with Gasteiger partial charge in [-0.1, -0.05) is 28.9 Å². The second-order valence-corrected chi connectivity index (χ2v) is 11.0. The number of morpholine rings is 1. The van der Waals surface area contributed by atoms with E-state index in [9.17, 15) is 14.0 Å². The van der Waals surface area contributed by atoms with Crippen LogP contribution in [0.5, 0.6) is 0 Å². The Labute approximate surface area is 240 Å². The number of nitrogens with one attached hydrogen (secondary N) is 1. The van der Waals surface area contributed by atoms with Gasteiger partial charge in [0.25, 0.3) is 0 Å². The van der Waals surface area contributed by atoms with E-state index in [4.69, 9.17) is 14.6 Å². The summed E-state index contributed by atoms with van der Waals surface area (Å²) >= 11 is 4.61. The predicted octanol–water partition coefficient (Wildman–Crippen LogP) is 4.49. The van der Waals surface area contributed by atoms with Crippen LogP contribution >= 0.6 is 27.3 Å². The minimum atomic E-state index is -0.759. The van der Waals surface area contributed by atoms with Crippen LogP contribution in [0.25, 0.3) is 0 Å². The number of hydrogen-bond donors (Lipinski definition) is 2. The molecule has 12 heteroatoms. The molecule has 39 heavy (non-hydrogen) atoms. The van der Waals surface area contributed by atoms with Gasteiger partial charge in [-0.3, -0.25) is 14.7 Å². The summed E-state index contributed by atoms with van der Waals surface area (Å²) in [6.45, 7) is 6.74. The number of thiazole rings is 1. The van der Waals surface area contributed by atoms with Crippen molar-refractivity contribution in [3.05, 3.63) is 62.4 Å². The maximum atomic E-state index is 12.5. The fraction of sp³-hybridized carbons (Fsp3) is 0.481. The number of aromatic nitrogens is 1. The monoisotopic (exact) mass is 624 g/mol. The second-order valence-electron chi connectivity index (χ2n) is 9.14. The molecule has 1 unspecified atom stereocenters. The molecule has 0 bridgehead atoms. The molecule has 1 fully saturated rings. The number of carboxylic acid groups (broad SMARTS) is 1. The molecule has 2 aromatic rings. The second kappa shape index (κ2) is 15.8. The van der Waals surface area contributed by atoms with E-state index >= 15 is 0 Å². The number of nitrogens with zero attached hydrogens (tertiary/aromatic N) is 3. The molecule has 1 aromatic carbocycles. The summed E-state index contributed by atoms with van der Waals surface area (Å²) in [6.07, 6.45) is 4.05. The molecule has 3 heterocycles. The van der Waals surface area contributed by atoms with Crippen LogP contribution in [0.1, 0.15) is 38.1 Å². The van der Waals surface area contributed by atoms with E-state index < -0.39 is 5.97 Å². The highest BCUT2D eigenvalue weighted by atomic mass is 79.9. The van der Waals surface area contributed by atoms with Crippen molar-refractivity contribution in [3.8, 4) is 0 Å². The molecular formula is C27H34BrFN4O5S. The molecule has 0 spiro atoms. The van der Waals surface area contributed by atoms with Gasteiger partial charge >= 0.3 is 11.9 Å². The summed E-state index contributed by atoms with van der Waals surface area (Å²) in [7, 11) is 0. The average molecular weight is 626 g/mol. The Morgan fingerprint density at radius 3 is 2.87 bits per heavy atom. The van der Waals surface area contributed by atoms with E-state index in [1.807, 2.05) is 5.38 Å². The summed E-state index contributed by atoms with van der Waals surface area (Å²) in [6, 6.07) is 6.26. The minimum absolute atomic E-state index is 0.0529. The van der Waals surface area contributed by atoms with E-state index in [-0.39, 0.29) is 30.4 Å². The third-order valence-electron chi connectivity index (χ3n) is 6.16. The van der Waals surface area contributed by atoms with E-state index in [0.29, 0.717) is 37.6 Å². The first kappa shape index (κ1) is 30.9. The summed E-state index contributed by atoms with van der Waals surface area (Å²) in [5, 5.41) is 15.0. The zero-order chi connectivity index (χ0) is 28.2. The van der Waals surface area contributed by atoms with Crippen LogP contribution in [0.15, 0.2) is 56.6 Å². The van der Waals surface area contributed by atoms with Crippen molar-refractivity contribution in [2.75, 3.05) is 39.4 Å². The van der Waals surface area contributed by atoms with Gasteiger partial charge in [-0.2, -0.15) is 0 Å². The average Bonchev–Trinajstić information content (AvgIpc) is 3.44. The summed E-state index contributed by atoms with van der Waals surface area (Å²) in [5.41, 5.74) is 1.33. The fourth-order valence-electron chi connectivity index (χ4n) is 4.07. The third kappa shape index (κ3) is 10.1. The highest BCUT2D eigenvalue weighted by molar-refractivity contribution is 9.10. The molecule has 1 saturated heterocycles. The number of benzene rings is 1. The Hall–Kier alpha value is -2.67.